The van der Waals surface area contributed by atoms with Gasteiger partial charge in [0.15, 0.2) is 0 Å². The van der Waals surface area contributed by atoms with E-state index in [9.17, 15) is 0 Å². The van der Waals surface area contributed by atoms with Crippen LogP contribution in [0.5, 0.6) is 0 Å². The first kappa shape index (κ1) is 38.2. The summed E-state index contributed by atoms with van der Waals surface area (Å²) < 4.78 is 8.28. The molecule has 5 heterocycles. The molecule has 1 aliphatic carbocycles. The maximum absolute atomic E-state index is 2.80. The van der Waals surface area contributed by atoms with Crippen LogP contribution in [0.3, 0.4) is 0 Å². The Balaban J connectivity index is 1.22. The van der Waals surface area contributed by atoms with Gasteiger partial charge < -0.3 is 9.38 Å². The third kappa shape index (κ3) is 5.06. The summed E-state index contributed by atoms with van der Waals surface area (Å²) in [5, 5.41) is 9.36. The first-order valence-electron chi connectivity index (χ1n) is 23.4. The second kappa shape index (κ2) is 12.8. The van der Waals surface area contributed by atoms with E-state index in [1.807, 2.05) is 22.7 Å². The molecule has 14 rings (SSSR count). The zero-order valence-corrected chi connectivity index (χ0v) is 39.7. The lowest BCUT2D eigenvalue weighted by molar-refractivity contribution is 0.332. The number of benzene rings is 8. The maximum Gasteiger partial charge on any atom is 0.343 e. The fraction of sp³-hybridized carbons (Fsp3) is 0.200. The molecule has 0 saturated heterocycles. The predicted octanol–water partition coefficient (Wildman–Crippen LogP) is 16.3. The Morgan fingerprint density at radius 2 is 1.25 bits per heavy atom. The van der Waals surface area contributed by atoms with Crippen LogP contribution in [0.1, 0.15) is 78.0 Å². The monoisotopic (exact) mass is 872 g/mol. The Bertz CT molecular complexity index is 3890. The number of aromatic nitrogens is 1. The van der Waals surface area contributed by atoms with Crippen LogP contribution in [0.25, 0.3) is 85.1 Å². The van der Waals surface area contributed by atoms with E-state index < -0.39 is 0 Å². The second-order valence-electron chi connectivity index (χ2n) is 21.5. The molecular weight excluding hydrogens is 824 g/mol. The van der Waals surface area contributed by atoms with Gasteiger partial charge in [-0.3, -0.25) is 0 Å². The molecule has 2 aliphatic heterocycles. The second-order valence-corrected chi connectivity index (χ2v) is 23.6. The molecule has 0 unspecified atom stereocenters. The van der Waals surface area contributed by atoms with Crippen molar-refractivity contribution in [3.05, 3.63) is 162 Å². The molecular formula is C60H49BN2S2. The summed E-state index contributed by atoms with van der Waals surface area (Å²) >= 11 is 3.99. The molecule has 314 valence electrons. The van der Waals surface area contributed by atoms with E-state index in [1.54, 1.807) is 0 Å². The van der Waals surface area contributed by atoms with Gasteiger partial charge in [0.05, 0.1) is 11.4 Å². The molecule has 3 aliphatic rings. The number of fused-ring (bicyclic) bond motifs is 16. The average Bonchev–Trinajstić information content (AvgIpc) is 3.99. The number of hydrogen-bond donors (Lipinski definition) is 0. The molecule has 65 heavy (non-hydrogen) atoms. The maximum atomic E-state index is 2.80. The number of para-hydroxylation sites is 1. The molecule has 11 aromatic rings. The van der Waals surface area contributed by atoms with E-state index in [1.165, 1.54) is 142 Å². The van der Waals surface area contributed by atoms with Gasteiger partial charge >= 0.3 is 6.85 Å². The van der Waals surface area contributed by atoms with E-state index in [4.69, 9.17) is 0 Å². The highest BCUT2D eigenvalue weighted by atomic mass is 32.1. The van der Waals surface area contributed by atoms with Crippen LogP contribution in [-0.2, 0) is 16.2 Å². The number of rotatable bonds is 2. The number of thiophene rings is 2. The largest absolute Gasteiger partial charge is 0.374 e. The van der Waals surface area contributed by atoms with Crippen molar-refractivity contribution in [2.24, 2.45) is 0 Å². The van der Waals surface area contributed by atoms with Crippen molar-refractivity contribution in [3.63, 3.8) is 0 Å². The highest BCUT2D eigenvalue weighted by Crippen LogP contribution is 2.56. The summed E-state index contributed by atoms with van der Waals surface area (Å²) in [5.74, 6) is 0. The fourth-order valence-electron chi connectivity index (χ4n) is 12.3. The molecule has 0 N–H and O–H groups in total. The van der Waals surface area contributed by atoms with Crippen LogP contribution < -0.4 is 15.1 Å². The minimum atomic E-state index is -0.0421. The summed E-state index contributed by atoms with van der Waals surface area (Å²) in [6, 6.07) is 56.4. The van der Waals surface area contributed by atoms with Crippen LogP contribution in [0.2, 0.25) is 0 Å². The zero-order valence-electron chi connectivity index (χ0n) is 38.1. The highest BCUT2D eigenvalue weighted by Gasteiger charge is 2.47. The Morgan fingerprint density at radius 1 is 0.538 bits per heavy atom. The van der Waals surface area contributed by atoms with Crippen molar-refractivity contribution < 1.29 is 0 Å². The van der Waals surface area contributed by atoms with Gasteiger partial charge in [-0.2, -0.15) is 0 Å². The quantitative estimate of drug-likeness (QED) is 0.157. The van der Waals surface area contributed by atoms with Crippen molar-refractivity contribution in [1.29, 1.82) is 0 Å². The van der Waals surface area contributed by atoms with Crippen LogP contribution in [-0.4, -0.2) is 11.3 Å². The Hall–Kier alpha value is -6.14. The zero-order chi connectivity index (χ0) is 43.9. The van der Waals surface area contributed by atoms with E-state index in [0.29, 0.717) is 0 Å². The van der Waals surface area contributed by atoms with Crippen LogP contribution >= 0.6 is 22.7 Å². The van der Waals surface area contributed by atoms with Gasteiger partial charge in [-0.1, -0.05) is 158 Å². The number of hydrogen-bond acceptors (Lipinski definition) is 3. The molecule has 5 heteroatoms. The van der Waals surface area contributed by atoms with E-state index >= 15 is 0 Å². The van der Waals surface area contributed by atoms with E-state index in [-0.39, 0.29) is 23.1 Å². The van der Waals surface area contributed by atoms with Crippen molar-refractivity contribution in [2.45, 2.75) is 77.6 Å². The first-order valence-corrected chi connectivity index (χ1v) is 25.1. The first-order chi connectivity index (χ1) is 31.4. The molecule has 8 aromatic carbocycles. The molecule has 0 atom stereocenters. The molecule has 0 radical (unpaired) electrons. The van der Waals surface area contributed by atoms with Crippen LogP contribution in [0.4, 0.5) is 17.1 Å². The van der Waals surface area contributed by atoms with Crippen molar-refractivity contribution in [1.82, 2.24) is 4.48 Å². The van der Waals surface area contributed by atoms with Crippen molar-refractivity contribution in [3.8, 4) is 22.3 Å². The van der Waals surface area contributed by atoms with Gasteiger partial charge in [-0.25, -0.2) is 0 Å². The highest BCUT2D eigenvalue weighted by molar-refractivity contribution is 7.32. The third-order valence-electron chi connectivity index (χ3n) is 15.8. The third-order valence-corrected chi connectivity index (χ3v) is 18.1. The van der Waals surface area contributed by atoms with E-state index in [0.717, 1.165) is 0 Å². The fourth-order valence-corrected chi connectivity index (χ4v) is 14.8. The topological polar surface area (TPSA) is 8.17 Å². The smallest absolute Gasteiger partial charge is 0.343 e. The number of anilines is 3. The summed E-state index contributed by atoms with van der Waals surface area (Å²) in [5.41, 5.74) is 17.7. The van der Waals surface area contributed by atoms with Gasteiger partial charge in [0.1, 0.15) is 0 Å². The lowest BCUT2D eigenvalue weighted by Gasteiger charge is -2.42. The molecule has 3 aromatic heterocycles. The van der Waals surface area contributed by atoms with Crippen LogP contribution in [0, 0.1) is 0 Å². The molecule has 0 spiro atoms. The molecule has 0 saturated carbocycles. The van der Waals surface area contributed by atoms with E-state index in [2.05, 4.69) is 203 Å². The molecule has 0 fully saturated rings. The molecule has 0 amide bonds. The number of nitrogens with zero attached hydrogens (tertiary/aromatic N) is 2. The van der Waals surface area contributed by atoms with Crippen LogP contribution in [0.15, 0.2) is 146 Å². The van der Waals surface area contributed by atoms with Gasteiger partial charge in [-0.15, -0.1) is 22.7 Å². The minimum absolute atomic E-state index is 0.0186. The van der Waals surface area contributed by atoms with Crippen molar-refractivity contribution >= 4 is 120 Å². The van der Waals surface area contributed by atoms with Gasteiger partial charge in [0.25, 0.3) is 0 Å². The van der Waals surface area contributed by atoms with Gasteiger partial charge in [-0.05, 0) is 104 Å². The summed E-state index contributed by atoms with van der Waals surface area (Å²) in [6.45, 7) is 16.9. The molecule has 2 nitrogen and oxygen atoms in total. The lowest BCUT2D eigenvalue weighted by Crippen LogP contribution is -2.55. The minimum Gasteiger partial charge on any atom is -0.374 e. The summed E-state index contributed by atoms with van der Waals surface area (Å²) in [6.07, 6.45) is 2.37. The normalized spacial score (nSPS) is 16.0. The van der Waals surface area contributed by atoms with Gasteiger partial charge in [0.2, 0.25) is 0 Å². The Morgan fingerprint density at radius 3 is 2.05 bits per heavy atom. The molecule has 0 bridgehead atoms. The van der Waals surface area contributed by atoms with Crippen molar-refractivity contribution in [2.75, 3.05) is 4.90 Å². The SMILES string of the molecule is CC(C)(C)c1ccc(N2c3cc4sc5ccccc5c4c4c3B(c3sc5cc6c(cc5c32)C(C)(C)CCC6(C)C)n2c3c-4cccc3c3ccc4ccccc4c32)c(-c2ccccc2)c1. The Labute approximate surface area is 388 Å². The summed E-state index contributed by atoms with van der Waals surface area (Å²) in [7, 11) is 0. The predicted molar refractivity (Wildman–Crippen MR) is 285 cm³/mol. The standard InChI is InChI=1S/C60H49BN2S2/c1-58(2,3)36-25-27-46(42(30-36)34-16-9-8-10-17-34)62-47-33-50-51(40-20-13-14-23-48(40)64-50)52-41-22-15-21-38-39-26-24-35-18-11-12-19-37(35)54(39)63(55(38)41)61(53(47)52)57-56(62)43-31-44-45(32-49(43)65-57)60(6,7)29-28-59(44,4)5/h8-27,30-33H,28-29H2,1-7H3. The summed E-state index contributed by atoms with van der Waals surface area (Å²) in [4.78, 5) is 2.74. The van der Waals surface area contributed by atoms with Gasteiger partial charge in [0, 0.05) is 79.0 Å². The average molecular weight is 873 g/mol. The Kier molecular flexibility index (Phi) is 7.52. The lowest BCUT2D eigenvalue weighted by atomic mass is 9.48.